The molecule has 0 radical (unpaired) electrons. The van der Waals surface area contributed by atoms with Crippen LogP contribution in [0.2, 0.25) is 0 Å². The topological polar surface area (TPSA) is 47.2 Å². The molecule has 0 fully saturated rings. The molecule has 0 unspecified atom stereocenters. The lowest BCUT2D eigenvalue weighted by Crippen LogP contribution is -2.39. The van der Waals surface area contributed by atoms with Crippen LogP contribution in [0.25, 0.3) is 0 Å². The quantitative estimate of drug-likeness (QED) is 0.548. The van der Waals surface area contributed by atoms with Crippen molar-refractivity contribution in [3.8, 4) is 0 Å². The summed E-state index contributed by atoms with van der Waals surface area (Å²) in [6.07, 6.45) is 2.34. The molecule has 0 spiro atoms. The van der Waals surface area contributed by atoms with E-state index in [0.29, 0.717) is 5.69 Å². The van der Waals surface area contributed by atoms with Gasteiger partial charge in [0.25, 0.3) is 0 Å². The van der Waals surface area contributed by atoms with Crippen molar-refractivity contribution in [2.24, 2.45) is 0 Å². The van der Waals surface area contributed by atoms with Crippen LogP contribution in [0.4, 0.5) is 0 Å². The van der Waals surface area contributed by atoms with Crippen molar-refractivity contribution in [3.05, 3.63) is 34.8 Å². The van der Waals surface area contributed by atoms with E-state index < -0.39 is 5.60 Å². The Kier molecular flexibility index (Phi) is 2.57. The van der Waals surface area contributed by atoms with Gasteiger partial charge in [0.2, 0.25) is 5.69 Å². The molecule has 1 aromatic heterocycles. The Labute approximate surface area is 78.2 Å². The first kappa shape index (κ1) is 9.99. The Morgan fingerprint density at radius 2 is 2.08 bits per heavy atom. The zero-order valence-corrected chi connectivity index (χ0v) is 8.24. The van der Waals surface area contributed by atoms with Crippen LogP contribution in [0.3, 0.4) is 0 Å². The van der Waals surface area contributed by atoms with Gasteiger partial charge >= 0.3 is 0 Å². The molecule has 72 valence electrons. The van der Waals surface area contributed by atoms with E-state index in [2.05, 4.69) is 0 Å². The number of aliphatic hydroxyl groups is 1. The fourth-order valence-corrected chi connectivity index (χ4v) is 1.21. The minimum atomic E-state index is -1.08. The van der Waals surface area contributed by atoms with Crippen LogP contribution in [-0.2, 0) is 12.0 Å². The summed E-state index contributed by atoms with van der Waals surface area (Å²) in [4.78, 5) is 0. The van der Waals surface area contributed by atoms with Crippen LogP contribution in [0.5, 0.6) is 0 Å². The normalized spacial score (nSPS) is 11.7. The summed E-state index contributed by atoms with van der Waals surface area (Å²) in [6, 6.07) is 3.54. The van der Waals surface area contributed by atoms with Crippen molar-refractivity contribution in [3.63, 3.8) is 0 Å². The lowest BCUT2D eigenvalue weighted by atomic mass is 10.0. The van der Waals surface area contributed by atoms with E-state index in [4.69, 9.17) is 0 Å². The van der Waals surface area contributed by atoms with Gasteiger partial charge in [0.05, 0.1) is 0 Å². The van der Waals surface area contributed by atoms with Gasteiger partial charge in [0.1, 0.15) is 5.60 Å². The first-order valence-electron chi connectivity index (χ1n) is 4.40. The third-order valence-electron chi connectivity index (χ3n) is 2.01. The number of nitrogens with zero attached hydrogens (tertiary/aromatic N) is 1. The van der Waals surface area contributed by atoms with Gasteiger partial charge in [-0.25, -0.2) is 0 Å². The number of hydrogen-bond acceptors (Lipinski definition) is 2. The fraction of sp³-hybridized carbons (Fsp3) is 0.500. The molecule has 0 saturated heterocycles. The Hall–Kier alpha value is -1.09. The average molecular weight is 181 g/mol. The lowest BCUT2D eigenvalue weighted by molar-refractivity contribution is -0.622. The summed E-state index contributed by atoms with van der Waals surface area (Å²) in [5.41, 5.74) is 0.279. The number of aromatic nitrogens is 1. The molecule has 0 saturated carbocycles. The second kappa shape index (κ2) is 3.34. The fourth-order valence-electron chi connectivity index (χ4n) is 1.21. The first-order valence-corrected chi connectivity index (χ1v) is 4.40. The molecule has 1 aromatic rings. The first-order chi connectivity index (χ1) is 5.95. The molecule has 0 aliphatic heterocycles. The average Bonchev–Trinajstić information content (AvgIpc) is 2.01. The van der Waals surface area contributed by atoms with Gasteiger partial charge in [-0.15, -0.1) is 0 Å². The van der Waals surface area contributed by atoms with Crippen LogP contribution < -0.4 is 4.73 Å². The molecule has 0 aliphatic rings. The Morgan fingerprint density at radius 1 is 1.46 bits per heavy atom. The molecule has 3 nitrogen and oxygen atoms in total. The van der Waals surface area contributed by atoms with Crippen molar-refractivity contribution in [1.29, 1.82) is 0 Å². The Bertz CT molecular complexity index is 302. The standard InChI is InChI=1S/C10H15NO2/c1-4-8-5-6-9(10(2,3)12)11(13)7-8/h5-7,12H,4H2,1-3H3. The third-order valence-corrected chi connectivity index (χ3v) is 2.01. The van der Waals surface area contributed by atoms with Crippen LogP contribution >= 0.6 is 0 Å². The highest BCUT2D eigenvalue weighted by Gasteiger charge is 2.24. The van der Waals surface area contributed by atoms with E-state index in [1.54, 1.807) is 19.9 Å². The van der Waals surface area contributed by atoms with Gasteiger partial charge in [-0.3, -0.25) is 0 Å². The lowest BCUT2D eigenvalue weighted by Gasteiger charge is -2.16. The van der Waals surface area contributed by atoms with E-state index in [1.165, 1.54) is 6.20 Å². The maximum absolute atomic E-state index is 11.4. The smallest absolute Gasteiger partial charge is 0.223 e. The largest absolute Gasteiger partial charge is 0.618 e. The third kappa shape index (κ3) is 2.18. The van der Waals surface area contributed by atoms with Crippen molar-refractivity contribution in [2.45, 2.75) is 32.8 Å². The second-order valence-electron chi connectivity index (χ2n) is 3.66. The molecule has 1 heterocycles. The van der Waals surface area contributed by atoms with E-state index in [1.807, 2.05) is 13.0 Å². The van der Waals surface area contributed by atoms with Crippen LogP contribution in [-0.4, -0.2) is 5.11 Å². The predicted molar refractivity (Wildman–Crippen MR) is 50.0 cm³/mol. The van der Waals surface area contributed by atoms with Crippen molar-refractivity contribution < 1.29 is 9.84 Å². The minimum absolute atomic E-state index is 0.379. The summed E-state index contributed by atoms with van der Waals surface area (Å²) in [7, 11) is 0. The van der Waals surface area contributed by atoms with Crippen LogP contribution in [0.1, 0.15) is 32.0 Å². The molecule has 3 heteroatoms. The molecule has 1 rings (SSSR count). The highest BCUT2D eigenvalue weighted by Crippen LogP contribution is 2.15. The van der Waals surface area contributed by atoms with E-state index in [0.717, 1.165) is 16.7 Å². The zero-order chi connectivity index (χ0) is 10.1. The minimum Gasteiger partial charge on any atom is -0.618 e. The molecular formula is C10H15NO2. The maximum atomic E-state index is 11.4. The molecule has 0 aliphatic carbocycles. The van der Waals surface area contributed by atoms with E-state index in [-0.39, 0.29) is 0 Å². The molecule has 0 atom stereocenters. The summed E-state index contributed by atoms with van der Waals surface area (Å²) in [6.45, 7) is 5.18. The van der Waals surface area contributed by atoms with Crippen molar-refractivity contribution >= 4 is 0 Å². The van der Waals surface area contributed by atoms with E-state index >= 15 is 0 Å². The van der Waals surface area contributed by atoms with Gasteiger partial charge in [-0.05, 0) is 26.3 Å². The van der Waals surface area contributed by atoms with Gasteiger partial charge in [-0.1, -0.05) is 6.92 Å². The van der Waals surface area contributed by atoms with Gasteiger partial charge in [0.15, 0.2) is 6.20 Å². The SMILES string of the molecule is CCc1ccc(C(C)(C)O)[n+]([O-])c1. The van der Waals surface area contributed by atoms with Crippen molar-refractivity contribution in [2.75, 3.05) is 0 Å². The molecule has 1 N–H and O–H groups in total. The van der Waals surface area contributed by atoms with E-state index in [9.17, 15) is 10.3 Å². The van der Waals surface area contributed by atoms with Crippen LogP contribution in [0, 0.1) is 5.21 Å². The highest BCUT2D eigenvalue weighted by molar-refractivity contribution is 5.12. The van der Waals surface area contributed by atoms with Gasteiger partial charge in [-0.2, -0.15) is 4.73 Å². The molecule has 0 bridgehead atoms. The van der Waals surface area contributed by atoms with Crippen molar-refractivity contribution in [1.82, 2.24) is 0 Å². The Morgan fingerprint density at radius 3 is 2.46 bits per heavy atom. The van der Waals surface area contributed by atoms with Gasteiger partial charge < -0.3 is 10.3 Å². The second-order valence-corrected chi connectivity index (χ2v) is 3.66. The molecule has 13 heavy (non-hydrogen) atoms. The highest BCUT2D eigenvalue weighted by atomic mass is 16.5. The summed E-state index contributed by atoms with van der Waals surface area (Å²) < 4.78 is 0.735. The molecule has 0 aromatic carbocycles. The molecule has 0 amide bonds. The Balaban J connectivity index is 3.13. The number of hydrogen-bond donors (Lipinski definition) is 1. The number of rotatable bonds is 2. The number of pyridine rings is 1. The summed E-state index contributed by atoms with van der Waals surface area (Å²) >= 11 is 0. The molecular weight excluding hydrogens is 166 g/mol. The number of aryl methyl sites for hydroxylation is 1. The van der Waals surface area contributed by atoms with Gasteiger partial charge in [0, 0.05) is 11.6 Å². The maximum Gasteiger partial charge on any atom is 0.223 e. The summed E-state index contributed by atoms with van der Waals surface area (Å²) in [5.74, 6) is 0. The monoisotopic (exact) mass is 181 g/mol. The summed E-state index contributed by atoms with van der Waals surface area (Å²) in [5, 5.41) is 21.0. The predicted octanol–water partition coefficient (Wildman–Crippen LogP) is 1.11. The van der Waals surface area contributed by atoms with Crippen LogP contribution in [0.15, 0.2) is 18.3 Å². The zero-order valence-electron chi connectivity index (χ0n) is 8.24.